The molecule has 0 saturated carbocycles. The molecule has 2 aromatic rings. The molecule has 76 valence electrons. The van der Waals surface area contributed by atoms with Crippen LogP contribution in [0.4, 0.5) is 10.7 Å². The Morgan fingerprint density at radius 1 is 1.33 bits per heavy atom. The fourth-order valence-corrected chi connectivity index (χ4v) is 1.74. The van der Waals surface area contributed by atoms with Crippen molar-refractivity contribution in [3.8, 4) is 0 Å². The van der Waals surface area contributed by atoms with Crippen molar-refractivity contribution < 1.29 is 4.79 Å². The van der Waals surface area contributed by atoms with Crippen molar-refractivity contribution in [1.82, 2.24) is 15.3 Å². The fraction of sp³-hybridized carbons (Fsp3) is 0.200. The topological polar surface area (TPSA) is 61.0 Å². The van der Waals surface area contributed by atoms with Gasteiger partial charge in [0, 0.05) is 13.1 Å². The van der Waals surface area contributed by atoms with Gasteiger partial charge in [-0.25, -0.2) is 9.78 Å². The summed E-state index contributed by atoms with van der Waals surface area (Å²) in [5.41, 5.74) is 1.83. The largest absolute Gasteiger partial charge is 0.336 e. The molecular formula is C10H10N4O. The van der Waals surface area contributed by atoms with Gasteiger partial charge in [-0.2, -0.15) is 0 Å². The number of nitrogens with one attached hydrogen (secondary N) is 2. The molecule has 1 saturated heterocycles. The molecular weight excluding hydrogens is 192 g/mol. The molecule has 5 heteroatoms. The van der Waals surface area contributed by atoms with E-state index in [1.54, 1.807) is 4.90 Å². The molecule has 2 N–H and O–H groups in total. The first-order chi connectivity index (χ1) is 7.34. The predicted octanol–water partition coefficient (Wildman–Crippen LogP) is 1.09. The number of imidazole rings is 1. The summed E-state index contributed by atoms with van der Waals surface area (Å²) >= 11 is 0. The van der Waals surface area contributed by atoms with Crippen LogP contribution in [0.2, 0.25) is 0 Å². The molecule has 0 unspecified atom stereocenters. The minimum absolute atomic E-state index is 0.0888. The van der Waals surface area contributed by atoms with Gasteiger partial charge in [0.15, 0.2) is 0 Å². The molecule has 1 aliphatic heterocycles. The van der Waals surface area contributed by atoms with E-state index in [0.29, 0.717) is 19.0 Å². The van der Waals surface area contributed by atoms with Gasteiger partial charge in [-0.3, -0.25) is 4.90 Å². The highest BCUT2D eigenvalue weighted by molar-refractivity contribution is 5.94. The minimum Gasteiger partial charge on any atom is -0.336 e. The number of nitrogens with zero attached hydrogens (tertiary/aromatic N) is 2. The van der Waals surface area contributed by atoms with E-state index in [1.807, 2.05) is 24.3 Å². The van der Waals surface area contributed by atoms with Crippen molar-refractivity contribution in [2.45, 2.75) is 0 Å². The molecule has 15 heavy (non-hydrogen) atoms. The van der Waals surface area contributed by atoms with Gasteiger partial charge in [-0.15, -0.1) is 0 Å². The third kappa shape index (κ3) is 1.24. The van der Waals surface area contributed by atoms with Crippen molar-refractivity contribution in [2.24, 2.45) is 0 Å². The predicted molar refractivity (Wildman–Crippen MR) is 56.8 cm³/mol. The summed E-state index contributed by atoms with van der Waals surface area (Å²) in [4.78, 5) is 20.5. The summed E-state index contributed by atoms with van der Waals surface area (Å²) in [6, 6.07) is 7.64. The number of urea groups is 1. The minimum atomic E-state index is -0.0888. The van der Waals surface area contributed by atoms with E-state index in [4.69, 9.17) is 0 Å². The Morgan fingerprint density at radius 3 is 2.93 bits per heavy atom. The summed E-state index contributed by atoms with van der Waals surface area (Å²) in [6.07, 6.45) is 0. The second-order valence-corrected chi connectivity index (χ2v) is 3.46. The van der Waals surface area contributed by atoms with Crippen LogP contribution in [-0.2, 0) is 0 Å². The van der Waals surface area contributed by atoms with Crippen LogP contribution < -0.4 is 10.2 Å². The van der Waals surface area contributed by atoms with Gasteiger partial charge in [0.2, 0.25) is 5.95 Å². The van der Waals surface area contributed by atoms with Crippen LogP contribution in [0, 0.1) is 0 Å². The van der Waals surface area contributed by atoms with Crippen molar-refractivity contribution in [1.29, 1.82) is 0 Å². The van der Waals surface area contributed by atoms with Gasteiger partial charge < -0.3 is 10.3 Å². The lowest BCUT2D eigenvalue weighted by molar-refractivity contribution is 0.252. The molecule has 1 fully saturated rings. The number of amides is 2. The van der Waals surface area contributed by atoms with E-state index in [-0.39, 0.29) is 6.03 Å². The van der Waals surface area contributed by atoms with Crippen LogP contribution in [0.1, 0.15) is 0 Å². The molecule has 3 rings (SSSR count). The zero-order chi connectivity index (χ0) is 10.3. The Morgan fingerprint density at radius 2 is 2.20 bits per heavy atom. The number of hydrogen-bond donors (Lipinski definition) is 2. The zero-order valence-electron chi connectivity index (χ0n) is 8.03. The number of hydrogen-bond acceptors (Lipinski definition) is 2. The van der Waals surface area contributed by atoms with Gasteiger partial charge in [-0.1, -0.05) is 12.1 Å². The van der Waals surface area contributed by atoms with Crippen LogP contribution in [0.5, 0.6) is 0 Å². The van der Waals surface area contributed by atoms with Crippen LogP contribution in [0.15, 0.2) is 24.3 Å². The van der Waals surface area contributed by atoms with Gasteiger partial charge in [0.1, 0.15) is 0 Å². The molecule has 1 aromatic heterocycles. The number of carbonyl (C=O) groups excluding carboxylic acids is 1. The first-order valence-electron chi connectivity index (χ1n) is 4.85. The van der Waals surface area contributed by atoms with Crippen LogP contribution in [0.3, 0.4) is 0 Å². The average Bonchev–Trinajstić information content (AvgIpc) is 2.82. The Kier molecular flexibility index (Phi) is 1.65. The lowest BCUT2D eigenvalue weighted by Crippen LogP contribution is -2.28. The molecule has 0 atom stereocenters. The highest BCUT2D eigenvalue weighted by Crippen LogP contribution is 2.17. The second kappa shape index (κ2) is 2.98. The molecule has 0 aliphatic carbocycles. The fourth-order valence-electron chi connectivity index (χ4n) is 1.74. The standard InChI is InChI=1S/C10H10N4O/c15-10-11-5-6-14(10)9-12-7-3-1-2-4-8(7)13-9/h1-4H,5-6H2,(H,11,15)(H,12,13). The maximum absolute atomic E-state index is 11.4. The lowest BCUT2D eigenvalue weighted by atomic mass is 10.3. The number of aromatic nitrogens is 2. The Bertz CT molecular complexity index is 486. The molecule has 0 radical (unpaired) electrons. The second-order valence-electron chi connectivity index (χ2n) is 3.46. The third-order valence-corrected chi connectivity index (χ3v) is 2.49. The summed E-state index contributed by atoms with van der Waals surface area (Å²) in [6.45, 7) is 1.34. The maximum Gasteiger partial charge on any atom is 0.324 e. The van der Waals surface area contributed by atoms with Crippen LogP contribution >= 0.6 is 0 Å². The SMILES string of the molecule is O=C1NCCN1c1nc2ccccc2[nH]1. The van der Waals surface area contributed by atoms with Crippen LogP contribution in [-0.4, -0.2) is 29.1 Å². The summed E-state index contributed by atoms with van der Waals surface area (Å²) in [7, 11) is 0. The van der Waals surface area contributed by atoms with Crippen LogP contribution in [0.25, 0.3) is 11.0 Å². The van der Waals surface area contributed by atoms with Gasteiger partial charge in [0.05, 0.1) is 11.0 Å². The lowest BCUT2D eigenvalue weighted by Gasteiger charge is -2.08. The Hall–Kier alpha value is -2.04. The quantitative estimate of drug-likeness (QED) is 0.727. The number of para-hydroxylation sites is 2. The van der Waals surface area contributed by atoms with E-state index in [0.717, 1.165) is 11.0 Å². The van der Waals surface area contributed by atoms with Gasteiger partial charge in [0.25, 0.3) is 0 Å². The monoisotopic (exact) mass is 202 g/mol. The zero-order valence-corrected chi connectivity index (χ0v) is 8.03. The number of H-pyrrole nitrogens is 1. The number of anilines is 1. The number of rotatable bonds is 1. The van der Waals surface area contributed by atoms with Gasteiger partial charge >= 0.3 is 6.03 Å². The van der Waals surface area contributed by atoms with Crippen molar-refractivity contribution in [3.63, 3.8) is 0 Å². The molecule has 0 bridgehead atoms. The normalized spacial score (nSPS) is 16.0. The van der Waals surface area contributed by atoms with E-state index in [9.17, 15) is 4.79 Å². The molecule has 1 aliphatic rings. The number of fused-ring (bicyclic) bond motifs is 1. The van der Waals surface area contributed by atoms with E-state index < -0.39 is 0 Å². The maximum atomic E-state index is 11.4. The number of aromatic amines is 1. The molecule has 2 amide bonds. The molecule has 2 heterocycles. The van der Waals surface area contributed by atoms with E-state index >= 15 is 0 Å². The van der Waals surface area contributed by atoms with E-state index in [1.165, 1.54) is 0 Å². The molecule has 5 nitrogen and oxygen atoms in total. The number of benzene rings is 1. The average molecular weight is 202 g/mol. The van der Waals surface area contributed by atoms with Crippen molar-refractivity contribution >= 4 is 23.0 Å². The first-order valence-corrected chi connectivity index (χ1v) is 4.85. The summed E-state index contributed by atoms with van der Waals surface area (Å²) < 4.78 is 0. The third-order valence-electron chi connectivity index (χ3n) is 2.49. The first kappa shape index (κ1) is 8.28. The van der Waals surface area contributed by atoms with Crippen molar-refractivity contribution in [2.75, 3.05) is 18.0 Å². The smallest absolute Gasteiger partial charge is 0.324 e. The highest BCUT2D eigenvalue weighted by Gasteiger charge is 2.23. The number of carbonyl (C=O) groups is 1. The highest BCUT2D eigenvalue weighted by atomic mass is 16.2. The Labute approximate surface area is 86.1 Å². The summed E-state index contributed by atoms with van der Waals surface area (Å²) in [5.74, 6) is 0.617. The van der Waals surface area contributed by atoms with Gasteiger partial charge in [-0.05, 0) is 12.1 Å². The summed E-state index contributed by atoms with van der Waals surface area (Å²) in [5, 5.41) is 2.74. The molecule has 0 spiro atoms. The van der Waals surface area contributed by atoms with E-state index in [2.05, 4.69) is 15.3 Å². The Balaban J connectivity index is 2.08. The molecule has 1 aromatic carbocycles. The van der Waals surface area contributed by atoms with Crippen molar-refractivity contribution in [3.05, 3.63) is 24.3 Å².